The third-order valence-corrected chi connectivity index (χ3v) is 5.04. The van der Waals surface area contributed by atoms with Crippen LogP contribution in [0, 0.1) is 20.8 Å². The molecule has 3 nitrogen and oxygen atoms in total. The fourth-order valence-electron chi connectivity index (χ4n) is 2.37. The van der Waals surface area contributed by atoms with E-state index in [0.717, 1.165) is 27.4 Å². The molecule has 1 heterocycles. The first-order valence-electron chi connectivity index (χ1n) is 7.41. The summed E-state index contributed by atoms with van der Waals surface area (Å²) in [7, 11) is 0. The van der Waals surface area contributed by atoms with E-state index in [4.69, 9.17) is 11.6 Å². The zero-order valence-corrected chi connectivity index (χ0v) is 14.9. The van der Waals surface area contributed by atoms with Gasteiger partial charge in [-0.05, 0) is 61.7 Å². The van der Waals surface area contributed by atoms with Gasteiger partial charge in [-0.1, -0.05) is 41.6 Å². The molecular weight excluding hydrogens is 326 g/mol. The molecule has 0 atom stereocenters. The van der Waals surface area contributed by atoms with Crippen LogP contribution < -0.4 is 0 Å². The average Bonchev–Trinajstić information content (AvgIpc) is 2.89. The van der Waals surface area contributed by atoms with E-state index in [2.05, 4.69) is 52.9 Å². The normalized spacial score (nSPS) is 11.0. The Morgan fingerprint density at radius 2 is 1.83 bits per heavy atom. The van der Waals surface area contributed by atoms with Gasteiger partial charge in [-0.3, -0.25) is 4.57 Å². The molecule has 118 valence electrons. The first-order chi connectivity index (χ1) is 11.0. The highest BCUT2D eigenvalue weighted by molar-refractivity contribution is 7.98. The standard InChI is InChI=1S/C18H18ClN3S/c1-12-7-8-17(9-13(12)2)22-14(3)20-21-18(22)23-11-15-5-4-6-16(19)10-15/h4-10H,11H2,1-3H3. The molecule has 5 heteroatoms. The van der Waals surface area contributed by atoms with Crippen LogP contribution in [0.25, 0.3) is 5.69 Å². The summed E-state index contributed by atoms with van der Waals surface area (Å²) in [5, 5.41) is 10.2. The number of hydrogen-bond acceptors (Lipinski definition) is 3. The van der Waals surface area contributed by atoms with Crippen molar-refractivity contribution in [1.29, 1.82) is 0 Å². The second-order valence-corrected chi connectivity index (χ2v) is 6.93. The van der Waals surface area contributed by atoms with Crippen LogP contribution in [0.3, 0.4) is 0 Å². The Morgan fingerprint density at radius 3 is 2.57 bits per heavy atom. The van der Waals surface area contributed by atoms with Crippen LogP contribution in [0.1, 0.15) is 22.5 Å². The highest BCUT2D eigenvalue weighted by Crippen LogP contribution is 2.26. The van der Waals surface area contributed by atoms with Crippen LogP contribution in [0.5, 0.6) is 0 Å². The second kappa shape index (κ2) is 6.77. The second-order valence-electron chi connectivity index (χ2n) is 5.55. The van der Waals surface area contributed by atoms with Gasteiger partial charge in [-0.25, -0.2) is 0 Å². The van der Waals surface area contributed by atoms with Gasteiger partial charge in [0.2, 0.25) is 0 Å². The summed E-state index contributed by atoms with van der Waals surface area (Å²) in [4.78, 5) is 0. The lowest BCUT2D eigenvalue weighted by Crippen LogP contribution is -2.00. The maximum atomic E-state index is 6.05. The summed E-state index contributed by atoms with van der Waals surface area (Å²) in [5.74, 6) is 1.70. The van der Waals surface area contributed by atoms with Crippen molar-refractivity contribution in [2.24, 2.45) is 0 Å². The van der Waals surface area contributed by atoms with Crippen molar-refractivity contribution < 1.29 is 0 Å². The first-order valence-corrected chi connectivity index (χ1v) is 8.78. The zero-order chi connectivity index (χ0) is 16.4. The summed E-state index contributed by atoms with van der Waals surface area (Å²) in [6.07, 6.45) is 0. The van der Waals surface area contributed by atoms with Gasteiger partial charge in [-0.2, -0.15) is 0 Å². The summed E-state index contributed by atoms with van der Waals surface area (Å²) < 4.78 is 2.10. The number of rotatable bonds is 4. The predicted molar refractivity (Wildman–Crippen MR) is 96.6 cm³/mol. The lowest BCUT2D eigenvalue weighted by atomic mass is 10.1. The van der Waals surface area contributed by atoms with Crippen molar-refractivity contribution in [3.63, 3.8) is 0 Å². The minimum absolute atomic E-state index is 0.759. The van der Waals surface area contributed by atoms with Crippen LogP contribution in [-0.2, 0) is 5.75 Å². The molecule has 0 aliphatic heterocycles. The molecule has 0 aliphatic rings. The molecule has 3 aromatic rings. The third-order valence-electron chi connectivity index (χ3n) is 3.80. The molecule has 1 aromatic heterocycles. The summed E-state index contributed by atoms with van der Waals surface area (Å²) in [5.41, 5.74) is 4.83. The van der Waals surface area contributed by atoms with Crippen molar-refractivity contribution in [3.8, 4) is 5.69 Å². The third kappa shape index (κ3) is 3.59. The molecule has 0 spiro atoms. The minimum atomic E-state index is 0.759. The number of thioether (sulfide) groups is 1. The number of aromatic nitrogens is 3. The maximum Gasteiger partial charge on any atom is 0.196 e. The Balaban J connectivity index is 1.88. The Bertz CT molecular complexity index is 842. The van der Waals surface area contributed by atoms with Crippen LogP contribution in [0.4, 0.5) is 0 Å². The molecule has 0 radical (unpaired) electrons. The molecule has 0 saturated carbocycles. The van der Waals surface area contributed by atoms with E-state index in [0.29, 0.717) is 0 Å². The van der Waals surface area contributed by atoms with Gasteiger partial charge in [-0.15, -0.1) is 10.2 Å². The monoisotopic (exact) mass is 343 g/mol. The van der Waals surface area contributed by atoms with Crippen molar-refractivity contribution >= 4 is 23.4 Å². The Kier molecular flexibility index (Phi) is 4.74. The average molecular weight is 344 g/mol. The lowest BCUT2D eigenvalue weighted by molar-refractivity contribution is 0.866. The summed E-state index contributed by atoms with van der Waals surface area (Å²) in [6, 6.07) is 14.3. The molecular formula is C18H18ClN3S. The molecule has 2 aromatic carbocycles. The molecule has 23 heavy (non-hydrogen) atoms. The highest BCUT2D eigenvalue weighted by atomic mass is 35.5. The lowest BCUT2D eigenvalue weighted by Gasteiger charge is -2.10. The topological polar surface area (TPSA) is 30.7 Å². The molecule has 0 fully saturated rings. The quantitative estimate of drug-likeness (QED) is 0.614. The largest absolute Gasteiger partial charge is 0.274 e. The van der Waals surface area contributed by atoms with Crippen molar-refractivity contribution in [3.05, 3.63) is 70.0 Å². The van der Waals surface area contributed by atoms with E-state index in [-0.39, 0.29) is 0 Å². The van der Waals surface area contributed by atoms with E-state index in [1.54, 1.807) is 11.8 Å². The zero-order valence-electron chi connectivity index (χ0n) is 13.4. The van der Waals surface area contributed by atoms with E-state index in [1.165, 1.54) is 16.7 Å². The fraction of sp³-hybridized carbons (Fsp3) is 0.222. The van der Waals surface area contributed by atoms with Crippen molar-refractivity contribution in [1.82, 2.24) is 14.8 Å². The van der Waals surface area contributed by atoms with E-state index < -0.39 is 0 Å². The summed E-state index contributed by atoms with van der Waals surface area (Å²) in [6.45, 7) is 6.22. The van der Waals surface area contributed by atoms with Gasteiger partial charge < -0.3 is 0 Å². The van der Waals surface area contributed by atoms with Crippen molar-refractivity contribution in [2.45, 2.75) is 31.7 Å². The number of benzene rings is 2. The number of halogens is 1. The van der Waals surface area contributed by atoms with E-state index in [1.807, 2.05) is 25.1 Å². The Hall–Kier alpha value is -1.78. The van der Waals surface area contributed by atoms with Crippen LogP contribution in [-0.4, -0.2) is 14.8 Å². The molecule has 0 amide bonds. The minimum Gasteiger partial charge on any atom is -0.274 e. The number of nitrogens with zero attached hydrogens (tertiary/aromatic N) is 3. The Labute approximate surface area is 145 Å². The SMILES string of the molecule is Cc1ccc(-n2c(C)nnc2SCc2cccc(Cl)c2)cc1C. The highest BCUT2D eigenvalue weighted by Gasteiger charge is 2.12. The molecule has 0 saturated heterocycles. The van der Waals surface area contributed by atoms with Gasteiger partial charge in [0.1, 0.15) is 5.82 Å². The first kappa shape index (κ1) is 16.1. The van der Waals surface area contributed by atoms with Gasteiger partial charge >= 0.3 is 0 Å². The molecule has 0 N–H and O–H groups in total. The molecule has 0 unspecified atom stereocenters. The number of hydrogen-bond donors (Lipinski definition) is 0. The fourth-order valence-corrected chi connectivity index (χ4v) is 3.53. The summed E-state index contributed by atoms with van der Waals surface area (Å²) >= 11 is 7.71. The van der Waals surface area contributed by atoms with Crippen molar-refractivity contribution in [2.75, 3.05) is 0 Å². The molecule has 0 aliphatic carbocycles. The number of aryl methyl sites for hydroxylation is 3. The predicted octanol–water partition coefficient (Wildman–Crippen LogP) is 5.14. The van der Waals surface area contributed by atoms with Gasteiger partial charge in [0.05, 0.1) is 0 Å². The van der Waals surface area contributed by atoms with E-state index >= 15 is 0 Å². The van der Waals surface area contributed by atoms with Gasteiger partial charge in [0.15, 0.2) is 5.16 Å². The smallest absolute Gasteiger partial charge is 0.196 e. The van der Waals surface area contributed by atoms with E-state index in [9.17, 15) is 0 Å². The van der Waals surface area contributed by atoms with Gasteiger partial charge in [0.25, 0.3) is 0 Å². The van der Waals surface area contributed by atoms with Crippen LogP contribution in [0.15, 0.2) is 47.6 Å². The Morgan fingerprint density at radius 1 is 1.00 bits per heavy atom. The maximum absolute atomic E-state index is 6.05. The van der Waals surface area contributed by atoms with Crippen LogP contribution in [0.2, 0.25) is 5.02 Å². The van der Waals surface area contributed by atoms with Crippen LogP contribution >= 0.6 is 23.4 Å². The van der Waals surface area contributed by atoms with Gasteiger partial charge in [0, 0.05) is 16.5 Å². The molecule has 0 bridgehead atoms. The molecule has 3 rings (SSSR count).